The first-order valence-electron chi connectivity index (χ1n) is 9.02. The first kappa shape index (κ1) is 18.3. The summed E-state index contributed by atoms with van der Waals surface area (Å²) in [5.74, 6) is -0.514. The third-order valence-corrected chi connectivity index (χ3v) is 4.98. The average molecular weight is 350 g/mol. The van der Waals surface area contributed by atoms with Crippen LogP contribution < -0.4 is 4.90 Å². The van der Waals surface area contributed by atoms with E-state index >= 15 is 0 Å². The molecule has 2 aromatic carbocycles. The monoisotopic (exact) mass is 350 g/mol. The maximum Gasteiger partial charge on any atom is 0.300 e. The summed E-state index contributed by atoms with van der Waals surface area (Å²) in [5, 5.41) is 0. The van der Waals surface area contributed by atoms with E-state index in [0.29, 0.717) is 18.2 Å². The summed E-state index contributed by atoms with van der Waals surface area (Å²) >= 11 is 0. The van der Waals surface area contributed by atoms with E-state index < -0.39 is 11.7 Å². The van der Waals surface area contributed by atoms with Crippen LogP contribution in [-0.2, 0) is 11.3 Å². The van der Waals surface area contributed by atoms with Crippen molar-refractivity contribution >= 4 is 17.4 Å². The molecule has 0 fully saturated rings. The molecule has 1 aliphatic heterocycles. The molecule has 2 aromatic rings. The molecule has 1 heterocycles. The molecule has 0 saturated carbocycles. The molecule has 0 aromatic heterocycles. The average Bonchev–Trinajstić information content (AvgIpc) is 2.82. The van der Waals surface area contributed by atoms with E-state index in [1.165, 1.54) is 16.7 Å². The molecule has 4 heteroatoms. The number of hydrogen-bond acceptors (Lipinski definition) is 3. The molecule has 3 rings (SSSR count). The summed E-state index contributed by atoms with van der Waals surface area (Å²) in [6.45, 7) is 9.47. The van der Waals surface area contributed by atoms with Crippen molar-refractivity contribution in [3.8, 4) is 0 Å². The van der Waals surface area contributed by atoms with Gasteiger partial charge in [0.25, 0.3) is 5.78 Å². The molecular formula is C22H26N2O2. The van der Waals surface area contributed by atoms with Crippen LogP contribution in [0.1, 0.15) is 52.4 Å². The number of ketones is 1. The molecule has 0 atom stereocenters. The van der Waals surface area contributed by atoms with Crippen LogP contribution in [0.2, 0.25) is 0 Å². The Balaban J connectivity index is 1.80. The number of Topliss-reactive ketones (excluding diaryl/α,β-unsaturated/α-hetero) is 1. The smallest absolute Gasteiger partial charge is 0.291 e. The third-order valence-electron chi connectivity index (χ3n) is 4.98. The van der Waals surface area contributed by atoms with Gasteiger partial charge in [-0.3, -0.25) is 19.4 Å². The molecule has 0 unspecified atom stereocenters. The lowest BCUT2D eigenvalue weighted by Gasteiger charge is -2.25. The van der Waals surface area contributed by atoms with Gasteiger partial charge in [0.2, 0.25) is 0 Å². The number of rotatable bonds is 5. The summed E-state index contributed by atoms with van der Waals surface area (Å²) in [6, 6.07) is 12.2. The molecule has 0 N–H and O–H groups in total. The Kier molecular flexibility index (Phi) is 4.97. The largest absolute Gasteiger partial charge is 0.300 e. The second-order valence-electron chi connectivity index (χ2n) is 7.58. The fourth-order valence-electron chi connectivity index (χ4n) is 3.42. The van der Waals surface area contributed by atoms with Gasteiger partial charge in [-0.15, -0.1) is 0 Å². The van der Waals surface area contributed by atoms with Crippen molar-refractivity contribution in [2.24, 2.45) is 0 Å². The van der Waals surface area contributed by atoms with Crippen LogP contribution in [-0.4, -0.2) is 30.3 Å². The first-order chi connectivity index (χ1) is 12.3. The van der Waals surface area contributed by atoms with Crippen molar-refractivity contribution < 1.29 is 9.59 Å². The molecule has 0 bridgehead atoms. The molecule has 26 heavy (non-hydrogen) atoms. The van der Waals surface area contributed by atoms with Crippen molar-refractivity contribution in [2.75, 3.05) is 18.6 Å². The van der Waals surface area contributed by atoms with E-state index in [4.69, 9.17) is 0 Å². The summed E-state index contributed by atoms with van der Waals surface area (Å²) in [7, 11) is 1.97. The summed E-state index contributed by atoms with van der Waals surface area (Å²) in [6.07, 6.45) is 0. The molecule has 4 nitrogen and oxygen atoms in total. The van der Waals surface area contributed by atoms with E-state index in [-0.39, 0.29) is 0 Å². The minimum atomic E-state index is -0.437. The van der Waals surface area contributed by atoms with Crippen molar-refractivity contribution in [1.82, 2.24) is 4.90 Å². The molecule has 1 aliphatic rings. The van der Waals surface area contributed by atoms with Crippen LogP contribution in [0.4, 0.5) is 5.69 Å². The molecular weight excluding hydrogens is 324 g/mol. The van der Waals surface area contributed by atoms with Gasteiger partial charge < -0.3 is 0 Å². The second kappa shape index (κ2) is 7.04. The van der Waals surface area contributed by atoms with Gasteiger partial charge >= 0.3 is 5.91 Å². The second-order valence-corrected chi connectivity index (χ2v) is 7.58. The number of amides is 1. The van der Waals surface area contributed by atoms with Crippen molar-refractivity contribution in [3.63, 3.8) is 0 Å². The number of nitrogens with zero attached hydrogens (tertiary/aromatic N) is 2. The molecule has 136 valence electrons. The highest BCUT2D eigenvalue weighted by Gasteiger charge is 2.36. The predicted molar refractivity (Wildman–Crippen MR) is 105 cm³/mol. The van der Waals surface area contributed by atoms with Gasteiger partial charge in [0, 0.05) is 6.54 Å². The summed E-state index contributed by atoms with van der Waals surface area (Å²) in [4.78, 5) is 28.5. The van der Waals surface area contributed by atoms with Gasteiger partial charge in [0.1, 0.15) is 0 Å². The van der Waals surface area contributed by atoms with E-state index in [1.54, 1.807) is 4.90 Å². The highest BCUT2D eigenvalue weighted by atomic mass is 16.2. The molecule has 1 amide bonds. The first-order valence-corrected chi connectivity index (χ1v) is 9.02. The lowest BCUT2D eigenvalue weighted by Crippen LogP contribution is -2.39. The highest BCUT2D eigenvalue weighted by Crippen LogP contribution is 2.32. The minimum absolute atomic E-state index is 0.324. The topological polar surface area (TPSA) is 40.6 Å². The van der Waals surface area contributed by atoms with Crippen molar-refractivity contribution in [3.05, 3.63) is 64.2 Å². The Hall–Kier alpha value is -2.46. The summed E-state index contributed by atoms with van der Waals surface area (Å²) in [5.41, 5.74) is 6.03. The Bertz CT molecular complexity index is 870. The van der Waals surface area contributed by atoms with Gasteiger partial charge in [-0.2, -0.15) is 0 Å². The van der Waals surface area contributed by atoms with Crippen LogP contribution in [0.5, 0.6) is 0 Å². The number of carbonyl (C=O) groups is 2. The third kappa shape index (κ3) is 3.42. The van der Waals surface area contributed by atoms with Gasteiger partial charge in [-0.1, -0.05) is 43.7 Å². The van der Waals surface area contributed by atoms with Crippen LogP contribution in [0.15, 0.2) is 36.4 Å². The van der Waals surface area contributed by atoms with E-state index in [9.17, 15) is 9.59 Å². The number of aryl methyl sites for hydroxylation is 2. The summed E-state index contributed by atoms with van der Waals surface area (Å²) < 4.78 is 0. The SMILES string of the molecule is Cc1ccc(CN(C)CN2C(=O)C(=O)c3cc(C(C)C)ccc32)c(C)c1. The number of fused-ring (bicyclic) bond motifs is 1. The Morgan fingerprint density at radius 1 is 1.04 bits per heavy atom. The standard InChI is InChI=1S/C22H26N2O2/c1-14(2)17-8-9-20-19(11-17)21(25)22(26)24(20)13-23(5)12-18-7-6-15(3)10-16(18)4/h6-11,14H,12-13H2,1-5H3. The van der Waals surface area contributed by atoms with Crippen LogP contribution in [0.25, 0.3) is 0 Å². The van der Waals surface area contributed by atoms with E-state index in [1.807, 2.05) is 25.2 Å². The molecule has 0 spiro atoms. The zero-order chi connectivity index (χ0) is 19.0. The van der Waals surface area contributed by atoms with Crippen LogP contribution in [0.3, 0.4) is 0 Å². The Morgan fingerprint density at radius 3 is 2.42 bits per heavy atom. The van der Waals surface area contributed by atoms with Crippen LogP contribution in [0, 0.1) is 13.8 Å². The minimum Gasteiger partial charge on any atom is -0.291 e. The fourth-order valence-corrected chi connectivity index (χ4v) is 3.42. The Morgan fingerprint density at radius 2 is 1.77 bits per heavy atom. The maximum atomic E-state index is 12.5. The quantitative estimate of drug-likeness (QED) is 0.764. The number of hydrogen-bond donors (Lipinski definition) is 0. The maximum absolute atomic E-state index is 12.5. The van der Waals surface area contributed by atoms with Gasteiger partial charge in [-0.25, -0.2) is 0 Å². The van der Waals surface area contributed by atoms with Crippen molar-refractivity contribution in [1.29, 1.82) is 0 Å². The fraction of sp³-hybridized carbons (Fsp3) is 0.364. The van der Waals surface area contributed by atoms with Gasteiger partial charge in [0.05, 0.1) is 17.9 Å². The number of carbonyl (C=O) groups excluding carboxylic acids is 2. The van der Waals surface area contributed by atoms with Gasteiger partial charge in [0.15, 0.2) is 0 Å². The zero-order valence-corrected chi connectivity index (χ0v) is 16.2. The van der Waals surface area contributed by atoms with Gasteiger partial charge in [-0.05, 0) is 55.6 Å². The molecule has 0 aliphatic carbocycles. The predicted octanol–water partition coefficient (Wildman–Crippen LogP) is 4.05. The van der Waals surface area contributed by atoms with E-state index in [2.05, 4.69) is 50.8 Å². The zero-order valence-electron chi connectivity index (χ0n) is 16.2. The van der Waals surface area contributed by atoms with E-state index in [0.717, 1.165) is 17.8 Å². The molecule has 0 saturated heterocycles. The number of anilines is 1. The number of benzene rings is 2. The van der Waals surface area contributed by atoms with Crippen LogP contribution >= 0.6 is 0 Å². The lowest BCUT2D eigenvalue weighted by molar-refractivity contribution is -0.114. The Labute approximate surface area is 155 Å². The lowest BCUT2D eigenvalue weighted by atomic mass is 9.99. The molecule has 0 radical (unpaired) electrons. The van der Waals surface area contributed by atoms with Crippen molar-refractivity contribution in [2.45, 2.75) is 40.2 Å². The normalized spacial score (nSPS) is 13.9. The highest BCUT2D eigenvalue weighted by molar-refractivity contribution is 6.52.